The molecule has 2 aliphatic rings. The van der Waals surface area contributed by atoms with Gasteiger partial charge < -0.3 is 9.47 Å². The van der Waals surface area contributed by atoms with Crippen molar-refractivity contribution in [1.82, 2.24) is 0 Å². The van der Waals surface area contributed by atoms with E-state index in [1.165, 1.54) is 23.8 Å². The number of hydrogen-bond acceptors (Lipinski definition) is 4. The zero-order valence-corrected chi connectivity index (χ0v) is 14.2. The molecule has 1 unspecified atom stereocenters. The summed E-state index contributed by atoms with van der Waals surface area (Å²) in [4.78, 5) is 22.5. The Balaban J connectivity index is 2.08. The van der Waals surface area contributed by atoms with Gasteiger partial charge in [0.2, 0.25) is 0 Å². The van der Waals surface area contributed by atoms with E-state index in [4.69, 9.17) is 9.47 Å². The van der Waals surface area contributed by atoms with Gasteiger partial charge in [0.15, 0.2) is 6.29 Å². The number of carbonyl (C=O) groups excluding carboxylic acids is 2. The van der Waals surface area contributed by atoms with Gasteiger partial charge in [-0.15, -0.1) is 0 Å². The van der Waals surface area contributed by atoms with Gasteiger partial charge in [-0.25, -0.2) is 4.79 Å². The maximum Gasteiger partial charge on any atom is 0.336 e. The van der Waals surface area contributed by atoms with Gasteiger partial charge in [0.25, 0.3) is 6.29 Å². The summed E-state index contributed by atoms with van der Waals surface area (Å²) in [6, 6.07) is 0. The molecule has 1 aliphatic heterocycles. The van der Waals surface area contributed by atoms with E-state index < -0.39 is 12.3 Å². The maximum atomic E-state index is 11.3. The molecular formula is C19H24O4. The predicted molar refractivity (Wildman–Crippen MR) is 88.3 cm³/mol. The first-order chi connectivity index (χ1) is 10.8. The van der Waals surface area contributed by atoms with Gasteiger partial charge in [-0.05, 0) is 50.2 Å². The van der Waals surface area contributed by atoms with Crippen LogP contribution in [0.3, 0.4) is 0 Å². The SMILES string of the molecule is CC1=CC(O/C=C(C=O)\C=C\C2=C(C)CCCC2(C)C)OC1=O. The summed E-state index contributed by atoms with van der Waals surface area (Å²) in [5.74, 6) is -0.392. The molecular weight excluding hydrogens is 292 g/mol. The molecule has 1 heterocycles. The summed E-state index contributed by atoms with van der Waals surface area (Å²) in [7, 11) is 0. The fourth-order valence-corrected chi connectivity index (χ4v) is 3.01. The minimum atomic E-state index is -0.752. The molecule has 4 heteroatoms. The van der Waals surface area contributed by atoms with Crippen LogP contribution in [0.2, 0.25) is 0 Å². The van der Waals surface area contributed by atoms with Crippen molar-refractivity contribution in [3.05, 3.63) is 46.8 Å². The summed E-state index contributed by atoms with van der Waals surface area (Å²) < 4.78 is 10.3. The average Bonchev–Trinajstić information content (AvgIpc) is 2.79. The number of aldehydes is 1. The molecule has 0 amide bonds. The third-order valence-corrected chi connectivity index (χ3v) is 4.39. The molecule has 2 rings (SSSR count). The van der Waals surface area contributed by atoms with E-state index in [2.05, 4.69) is 20.8 Å². The van der Waals surface area contributed by atoms with Crippen LogP contribution in [0.25, 0.3) is 0 Å². The highest BCUT2D eigenvalue weighted by Gasteiger charge is 2.26. The molecule has 23 heavy (non-hydrogen) atoms. The lowest BCUT2D eigenvalue weighted by Crippen LogP contribution is -2.19. The largest absolute Gasteiger partial charge is 0.458 e. The average molecular weight is 316 g/mol. The Labute approximate surface area is 137 Å². The van der Waals surface area contributed by atoms with Crippen molar-refractivity contribution in [2.75, 3.05) is 0 Å². The number of ether oxygens (including phenoxy) is 2. The van der Waals surface area contributed by atoms with Crippen LogP contribution in [-0.2, 0) is 19.1 Å². The Morgan fingerprint density at radius 1 is 1.39 bits per heavy atom. The second-order valence-corrected chi connectivity index (χ2v) is 6.76. The smallest absolute Gasteiger partial charge is 0.336 e. The van der Waals surface area contributed by atoms with Crippen molar-refractivity contribution in [2.45, 2.75) is 53.2 Å². The third-order valence-electron chi connectivity index (χ3n) is 4.39. The number of cyclic esters (lactones) is 1. The zero-order valence-electron chi connectivity index (χ0n) is 14.2. The summed E-state index contributed by atoms with van der Waals surface area (Å²) >= 11 is 0. The normalized spacial score (nSPS) is 24.7. The molecule has 124 valence electrons. The Bertz CT molecular complexity index is 617. The molecule has 0 saturated carbocycles. The van der Waals surface area contributed by atoms with Crippen LogP contribution in [0, 0.1) is 5.41 Å². The molecule has 0 spiro atoms. The number of allylic oxidation sites excluding steroid dienone is 5. The van der Waals surface area contributed by atoms with Crippen LogP contribution in [0.15, 0.2) is 46.8 Å². The number of esters is 1. The predicted octanol–water partition coefficient (Wildman–Crippen LogP) is 4.00. The highest BCUT2D eigenvalue weighted by molar-refractivity contribution is 5.90. The van der Waals surface area contributed by atoms with Crippen molar-refractivity contribution >= 4 is 12.3 Å². The summed E-state index contributed by atoms with van der Waals surface area (Å²) in [5.41, 5.74) is 3.68. The monoisotopic (exact) mass is 316 g/mol. The first-order valence-corrected chi connectivity index (χ1v) is 7.92. The van der Waals surface area contributed by atoms with Crippen LogP contribution in [0.4, 0.5) is 0 Å². The summed E-state index contributed by atoms with van der Waals surface area (Å²) in [5, 5.41) is 0. The van der Waals surface area contributed by atoms with E-state index in [0.29, 0.717) is 11.1 Å². The lowest BCUT2D eigenvalue weighted by atomic mass is 9.72. The number of carbonyl (C=O) groups is 2. The van der Waals surface area contributed by atoms with Crippen LogP contribution in [0.5, 0.6) is 0 Å². The second kappa shape index (κ2) is 6.99. The Kier molecular flexibility index (Phi) is 5.24. The van der Waals surface area contributed by atoms with Crippen LogP contribution < -0.4 is 0 Å². The molecule has 0 fully saturated rings. The second-order valence-electron chi connectivity index (χ2n) is 6.76. The van der Waals surface area contributed by atoms with E-state index in [-0.39, 0.29) is 5.41 Å². The van der Waals surface area contributed by atoms with Gasteiger partial charge in [-0.1, -0.05) is 25.5 Å². The van der Waals surface area contributed by atoms with Gasteiger partial charge in [0.1, 0.15) is 0 Å². The fourth-order valence-electron chi connectivity index (χ4n) is 3.01. The Morgan fingerprint density at radius 2 is 2.13 bits per heavy atom. The minimum absolute atomic E-state index is 0.120. The fraction of sp³-hybridized carbons (Fsp3) is 0.474. The molecule has 0 aromatic carbocycles. The molecule has 0 aromatic heterocycles. The van der Waals surface area contributed by atoms with Crippen molar-refractivity contribution in [3.8, 4) is 0 Å². The van der Waals surface area contributed by atoms with Gasteiger partial charge in [0, 0.05) is 17.2 Å². The van der Waals surface area contributed by atoms with Crippen molar-refractivity contribution in [3.63, 3.8) is 0 Å². The Hall–Kier alpha value is -2.10. The highest BCUT2D eigenvalue weighted by atomic mass is 16.7. The number of rotatable bonds is 5. The molecule has 0 N–H and O–H groups in total. The maximum absolute atomic E-state index is 11.3. The summed E-state index contributed by atoms with van der Waals surface area (Å²) in [6.07, 6.45) is 10.1. The summed E-state index contributed by atoms with van der Waals surface area (Å²) in [6.45, 7) is 8.26. The van der Waals surface area contributed by atoms with E-state index in [1.54, 1.807) is 19.1 Å². The first-order valence-electron chi connectivity index (χ1n) is 7.92. The van der Waals surface area contributed by atoms with Gasteiger partial charge in [-0.2, -0.15) is 0 Å². The highest BCUT2D eigenvalue weighted by Crippen LogP contribution is 2.40. The standard InChI is InChI=1S/C19H24O4/c1-13-6-5-9-19(3,4)16(13)8-7-15(11-20)12-22-17-10-14(2)18(21)23-17/h7-8,10-12,17H,5-6,9H2,1-4H3/b8-7+,15-12+. The topological polar surface area (TPSA) is 52.6 Å². The number of hydrogen-bond donors (Lipinski definition) is 0. The van der Waals surface area contributed by atoms with Gasteiger partial charge in [-0.3, -0.25) is 4.79 Å². The molecule has 0 radical (unpaired) electrons. The molecule has 1 atom stereocenters. The quantitative estimate of drug-likeness (QED) is 0.253. The van der Waals surface area contributed by atoms with Crippen LogP contribution in [0.1, 0.15) is 47.0 Å². The zero-order chi connectivity index (χ0) is 17.0. The molecule has 0 bridgehead atoms. The molecule has 0 saturated heterocycles. The van der Waals surface area contributed by atoms with Crippen LogP contribution >= 0.6 is 0 Å². The van der Waals surface area contributed by atoms with Gasteiger partial charge >= 0.3 is 5.97 Å². The minimum Gasteiger partial charge on any atom is -0.458 e. The molecule has 4 nitrogen and oxygen atoms in total. The van der Waals surface area contributed by atoms with E-state index >= 15 is 0 Å². The first kappa shape index (κ1) is 17.3. The van der Waals surface area contributed by atoms with E-state index in [1.807, 2.05) is 6.08 Å². The van der Waals surface area contributed by atoms with E-state index in [9.17, 15) is 9.59 Å². The molecule has 1 aliphatic carbocycles. The lowest BCUT2D eigenvalue weighted by Gasteiger charge is -2.32. The van der Waals surface area contributed by atoms with Gasteiger partial charge in [0.05, 0.1) is 6.26 Å². The van der Waals surface area contributed by atoms with E-state index in [0.717, 1.165) is 19.1 Å². The van der Waals surface area contributed by atoms with Crippen molar-refractivity contribution < 1.29 is 19.1 Å². The lowest BCUT2D eigenvalue weighted by molar-refractivity contribution is -0.152. The molecule has 0 aromatic rings. The third kappa shape index (κ3) is 4.21. The Morgan fingerprint density at radius 3 is 2.70 bits per heavy atom. The van der Waals surface area contributed by atoms with Crippen LogP contribution in [-0.4, -0.2) is 18.5 Å². The van der Waals surface area contributed by atoms with Crippen molar-refractivity contribution in [2.24, 2.45) is 5.41 Å². The van der Waals surface area contributed by atoms with Crippen molar-refractivity contribution in [1.29, 1.82) is 0 Å².